The molecule has 80 valence electrons. The minimum absolute atomic E-state index is 0.651. The maximum Gasteiger partial charge on any atom is 0.120 e. The molecular weight excluding hydrogens is 208 g/mol. The molecule has 0 unspecified atom stereocenters. The van der Waals surface area contributed by atoms with Crippen molar-refractivity contribution in [1.29, 1.82) is 0 Å². The first kappa shape index (κ1) is 10.4. The fourth-order valence-corrected chi connectivity index (χ4v) is 2.45. The summed E-state index contributed by atoms with van der Waals surface area (Å²) in [6.45, 7) is 3.33. The largest absolute Gasteiger partial charge is 0.494 e. The highest BCUT2D eigenvalue weighted by molar-refractivity contribution is 7.18. The summed E-state index contributed by atoms with van der Waals surface area (Å²) in [5.74, 6) is 0.910. The van der Waals surface area contributed by atoms with Crippen molar-refractivity contribution in [2.45, 2.75) is 13.3 Å². The Morgan fingerprint density at radius 1 is 1.47 bits per heavy atom. The average Bonchev–Trinajstić information content (AvgIpc) is 2.60. The van der Waals surface area contributed by atoms with Gasteiger partial charge in [0, 0.05) is 6.42 Å². The molecule has 0 radical (unpaired) electrons. The first-order chi connectivity index (χ1) is 7.33. The Labute approximate surface area is 92.9 Å². The summed E-state index contributed by atoms with van der Waals surface area (Å²) in [7, 11) is 0. The third-order valence-electron chi connectivity index (χ3n) is 2.07. The lowest BCUT2D eigenvalue weighted by atomic mass is 10.3. The summed E-state index contributed by atoms with van der Waals surface area (Å²) in [5, 5.41) is 1.10. The van der Waals surface area contributed by atoms with Gasteiger partial charge in [0.05, 0.1) is 21.8 Å². The average molecular weight is 222 g/mol. The van der Waals surface area contributed by atoms with Crippen molar-refractivity contribution in [2.24, 2.45) is 5.73 Å². The monoisotopic (exact) mass is 222 g/mol. The molecule has 0 aliphatic carbocycles. The van der Waals surface area contributed by atoms with E-state index in [1.165, 1.54) is 4.70 Å². The number of rotatable bonds is 4. The van der Waals surface area contributed by atoms with Gasteiger partial charge in [-0.3, -0.25) is 0 Å². The van der Waals surface area contributed by atoms with Crippen LogP contribution in [0.5, 0.6) is 5.75 Å². The molecule has 1 heterocycles. The summed E-state index contributed by atoms with van der Waals surface area (Å²) in [5.41, 5.74) is 6.54. The van der Waals surface area contributed by atoms with Crippen molar-refractivity contribution in [3.8, 4) is 5.75 Å². The molecule has 2 aromatic rings. The fraction of sp³-hybridized carbons (Fsp3) is 0.364. The van der Waals surface area contributed by atoms with Crippen LogP contribution in [0.1, 0.15) is 11.9 Å². The van der Waals surface area contributed by atoms with Gasteiger partial charge in [-0.15, -0.1) is 11.3 Å². The van der Waals surface area contributed by atoms with Crippen molar-refractivity contribution >= 4 is 21.6 Å². The second-order valence-corrected chi connectivity index (χ2v) is 4.32. The van der Waals surface area contributed by atoms with Crippen LogP contribution in [0.15, 0.2) is 18.2 Å². The molecule has 0 fully saturated rings. The van der Waals surface area contributed by atoms with E-state index in [9.17, 15) is 0 Å². The van der Waals surface area contributed by atoms with Crippen molar-refractivity contribution in [3.05, 3.63) is 23.2 Å². The lowest BCUT2D eigenvalue weighted by molar-refractivity contribution is 0.341. The minimum Gasteiger partial charge on any atom is -0.494 e. The van der Waals surface area contributed by atoms with Crippen molar-refractivity contribution in [2.75, 3.05) is 13.2 Å². The van der Waals surface area contributed by atoms with Crippen LogP contribution in [-0.4, -0.2) is 18.1 Å². The van der Waals surface area contributed by atoms with Crippen LogP contribution in [0.4, 0.5) is 0 Å². The fourth-order valence-electron chi connectivity index (χ4n) is 1.44. The highest BCUT2D eigenvalue weighted by Crippen LogP contribution is 2.26. The molecule has 15 heavy (non-hydrogen) atoms. The molecule has 1 aromatic carbocycles. The van der Waals surface area contributed by atoms with E-state index >= 15 is 0 Å². The van der Waals surface area contributed by atoms with Crippen LogP contribution in [-0.2, 0) is 6.42 Å². The van der Waals surface area contributed by atoms with Gasteiger partial charge in [-0.25, -0.2) is 4.98 Å². The van der Waals surface area contributed by atoms with Crippen molar-refractivity contribution in [3.63, 3.8) is 0 Å². The molecule has 0 amide bonds. The lowest BCUT2D eigenvalue weighted by Crippen LogP contribution is -2.01. The maximum absolute atomic E-state index is 5.50. The smallest absolute Gasteiger partial charge is 0.120 e. The Hall–Kier alpha value is -1.13. The summed E-state index contributed by atoms with van der Waals surface area (Å²) in [4.78, 5) is 4.49. The van der Waals surface area contributed by atoms with Gasteiger partial charge in [0.1, 0.15) is 5.75 Å². The summed E-state index contributed by atoms with van der Waals surface area (Å²) >= 11 is 1.69. The number of nitrogens with zero attached hydrogens (tertiary/aromatic N) is 1. The number of thiazole rings is 1. The summed E-state index contributed by atoms with van der Waals surface area (Å²) in [6, 6.07) is 5.99. The van der Waals surface area contributed by atoms with Gasteiger partial charge in [0.15, 0.2) is 0 Å². The molecular formula is C11H14N2OS. The van der Waals surface area contributed by atoms with E-state index < -0.39 is 0 Å². The zero-order valence-corrected chi connectivity index (χ0v) is 9.51. The van der Waals surface area contributed by atoms with E-state index in [0.717, 1.165) is 22.7 Å². The Balaban J connectivity index is 2.34. The molecule has 0 aliphatic rings. The van der Waals surface area contributed by atoms with E-state index in [0.29, 0.717) is 13.2 Å². The summed E-state index contributed by atoms with van der Waals surface area (Å²) < 4.78 is 6.61. The highest BCUT2D eigenvalue weighted by Gasteiger charge is 2.04. The molecule has 0 atom stereocenters. The summed E-state index contributed by atoms with van der Waals surface area (Å²) in [6.07, 6.45) is 0.851. The molecule has 0 aliphatic heterocycles. The molecule has 0 spiro atoms. The molecule has 0 bridgehead atoms. The topological polar surface area (TPSA) is 48.1 Å². The van der Waals surface area contributed by atoms with Crippen LogP contribution < -0.4 is 10.5 Å². The van der Waals surface area contributed by atoms with Crippen molar-refractivity contribution in [1.82, 2.24) is 4.98 Å². The van der Waals surface area contributed by atoms with E-state index in [4.69, 9.17) is 10.5 Å². The van der Waals surface area contributed by atoms with Crippen LogP contribution >= 0.6 is 11.3 Å². The Bertz CT molecular complexity index is 449. The molecule has 0 saturated carbocycles. The van der Waals surface area contributed by atoms with E-state index in [1.807, 2.05) is 25.1 Å². The van der Waals surface area contributed by atoms with Gasteiger partial charge >= 0.3 is 0 Å². The number of aromatic nitrogens is 1. The second kappa shape index (κ2) is 4.59. The molecule has 1 aromatic heterocycles. The second-order valence-electron chi connectivity index (χ2n) is 3.21. The van der Waals surface area contributed by atoms with Gasteiger partial charge in [-0.1, -0.05) is 0 Å². The molecule has 4 heteroatoms. The van der Waals surface area contributed by atoms with Crippen molar-refractivity contribution < 1.29 is 4.74 Å². The Kier molecular flexibility index (Phi) is 3.18. The molecule has 0 saturated heterocycles. The van der Waals surface area contributed by atoms with Gasteiger partial charge in [0.25, 0.3) is 0 Å². The number of hydrogen-bond acceptors (Lipinski definition) is 4. The normalized spacial score (nSPS) is 10.8. The first-order valence-corrected chi connectivity index (χ1v) is 5.87. The highest BCUT2D eigenvalue weighted by atomic mass is 32.1. The minimum atomic E-state index is 0.651. The number of ether oxygens (including phenoxy) is 1. The number of hydrogen-bond donors (Lipinski definition) is 1. The first-order valence-electron chi connectivity index (χ1n) is 5.06. The van der Waals surface area contributed by atoms with Crippen LogP contribution in [0, 0.1) is 0 Å². The SMILES string of the molecule is CCOc1ccc2nc(CCN)sc2c1. The maximum atomic E-state index is 5.50. The third kappa shape index (κ3) is 2.27. The lowest BCUT2D eigenvalue weighted by Gasteiger charge is -2.00. The van der Waals surface area contributed by atoms with E-state index in [-0.39, 0.29) is 0 Å². The number of benzene rings is 1. The van der Waals surface area contributed by atoms with E-state index in [1.54, 1.807) is 11.3 Å². The van der Waals surface area contributed by atoms with Gasteiger partial charge in [-0.2, -0.15) is 0 Å². The van der Waals surface area contributed by atoms with Crippen LogP contribution in [0.3, 0.4) is 0 Å². The molecule has 2 rings (SSSR count). The zero-order valence-electron chi connectivity index (χ0n) is 8.69. The molecule has 2 N–H and O–H groups in total. The Morgan fingerprint density at radius 2 is 2.33 bits per heavy atom. The molecule has 3 nitrogen and oxygen atoms in total. The van der Waals surface area contributed by atoms with Gasteiger partial charge in [-0.05, 0) is 31.7 Å². The standard InChI is InChI=1S/C11H14N2OS/c1-2-14-8-3-4-9-10(7-8)15-11(13-9)5-6-12/h3-4,7H,2,5-6,12H2,1H3. The zero-order chi connectivity index (χ0) is 10.7. The van der Waals surface area contributed by atoms with Gasteiger partial charge < -0.3 is 10.5 Å². The number of fused-ring (bicyclic) bond motifs is 1. The predicted molar refractivity (Wildman–Crippen MR) is 63.5 cm³/mol. The predicted octanol–water partition coefficient (Wildman–Crippen LogP) is 2.20. The quantitative estimate of drug-likeness (QED) is 0.862. The van der Waals surface area contributed by atoms with Crippen LogP contribution in [0.2, 0.25) is 0 Å². The van der Waals surface area contributed by atoms with Gasteiger partial charge in [0.2, 0.25) is 0 Å². The Morgan fingerprint density at radius 3 is 3.07 bits per heavy atom. The number of nitrogens with two attached hydrogens (primary N) is 1. The van der Waals surface area contributed by atoms with E-state index in [2.05, 4.69) is 4.98 Å². The third-order valence-corrected chi connectivity index (χ3v) is 3.15. The van der Waals surface area contributed by atoms with Crippen LogP contribution in [0.25, 0.3) is 10.2 Å².